The van der Waals surface area contributed by atoms with Crippen molar-refractivity contribution in [1.82, 2.24) is 19.1 Å². The molecule has 0 aliphatic carbocycles. The molecule has 160 valence electrons. The van der Waals surface area contributed by atoms with Crippen LogP contribution in [0.5, 0.6) is 0 Å². The second kappa shape index (κ2) is 9.01. The molecule has 0 aliphatic rings. The molecule has 0 aliphatic heterocycles. The largest absolute Gasteiger partial charge is 0.319 e. The first kappa shape index (κ1) is 21.2. The maximum atomic E-state index is 13.3. The topological polar surface area (TPSA) is 52.7 Å². The Morgan fingerprint density at radius 2 is 1.84 bits per heavy atom. The van der Waals surface area contributed by atoms with Crippen LogP contribution in [0.15, 0.2) is 70.9 Å². The van der Waals surface area contributed by atoms with E-state index in [0.29, 0.717) is 27.7 Å². The van der Waals surface area contributed by atoms with E-state index in [9.17, 15) is 13.6 Å². The molecule has 1 atom stereocenters. The number of rotatable bonds is 7. The second-order valence-electron chi connectivity index (χ2n) is 7.27. The highest BCUT2D eigenvalue weighted by molar-refractivity contribution is 7.98. The van der Waals surface area contributed by atoms with Crippen molar-refractivity contribution in [2.45, 2.75) is 43.6 Å². The zero-order valence-corrected chi connectivity index (χ0v) is 18.0. The van der Waals surface area contributed by atoms with Crippen molar-refractivity contribution in [3.63, 3.8) is 0 Å². The molecule has 0 amide bonds. The maximum Gasteiger partial charge on any atom is 0.319 e. The number of para-hydroxylation sites is 1. The number of imidazole rings is 1. The minimum Gasteiger partial charge on any atom is -0.277 e. The first-order chi connectivity index (χ1) is 15.0. The van der Waals surface area contributed by atoms with Crippen LogP contribution in [0.3, 0.4) is 0 Å². The van der Waals surface area contributed by atoms with E-state index in [4.69, 9.17) is 0 Å². The molecule has 0 saturated carbocycles. The summed E-state index contributed by atoms with van der Waals surface area (Å²) in [7, 11) is 0. The second-order valence-corrected chi connectivity index (χ2v) is 8.21. The number of nitrogens with zero attached hydrogens (tertiary/aromatic N) is 4. The van der Waals surface area contributed by atoms with Crippen LogP contribution in [-0.4, -0.2) is 19.1 Å². The Kier molecular flexibility index (Phi) is 6.18. The number of aromatic nitrogens is 4. The van der Waals surface area contributed by atoms with Gasteiger partial charge in [0.25, 0.3) is 5.56 Å². The van der Waals surface area contributed by atoms with Crippen molar-refractivity contribution < 1.29 is 8.78 Å². The fraction of sp³-hybridized carbons (Fsp3) is 0.261. The van der Waals surface area contributed by atoms with Crippen LogP contribution in [0.2, 0.25) is 0 Å². The Morgan fingerprint density at radius 3 is 2.55 bits per heavy atom. The number of fused-ring (bicyclic) bond motifs is 1. The van der Waals surface area contributed by atoms with Crippen LogP contribution < -0.4 is 5.56 Å². The van der Waals surface area contributed by atoms with Gasteiger partial charge in [-0.05, 0) is 42.2 Å². The molecule has 2 aromatic heterocycles. The number of benzene rings is 2. The van der Waals surface area contributed by atoms with Crippen molar-refractivity contribution in [3.05, 3.63) is 82.7 Å². The third-order valence-corrected chi connectivity index (χ3v) is 6.30. The molecule has 0 radical (unpaired) electrons. The monoisotopic (exact) mass is 440 g/mol. The third kappa shape index (κ3) is 4.25. The normalized spacial score (nSPS) is 12.5. The Morgan fingerprint density at radius 1 is 1.10 bits per heavy atom. The van der Waals surface area contributed by atoms with Gasteiger partial charge in [-0.1, -0.05) is 49.9 Å². The lowest BCUT2D eigenvalue weighted by Crippen LogP contribution is -2.22. The summed E-state index contributed by atoms with van der Waals surface area (Å²) < 4.78 is 28.7. The van der Waals surface area contributed by atoms with Crippen molar-refractivity contribution in [1.29, 1.82) is 0 Å². The van der Waals surface area contributed by atoms with Crippen LogP contribution in [-0.2, 0) is 5.75 Å². The van der Waals surface area contributed by atoms with E-state index >= 15 is 0 Å². The summed E-state index contributed by atoms with van der Waals surface area (Å²) in [6.45, 7) is 1.62. The van der Waals surface area contributed by atoms with E-state index in [1.807, 2.05) is 30.3 Å². The minimum absolute atomic E-state index is 0.160. The smallest absolute Gasteiger partial charge is 0.277 e. The van der Waals surface area contributed by atoms with Crippen LogP contribution in [0.25, 0.3) is 16.6 Å². The van der Waals surface area contributed by atoms with E-state index in [0.717, 1.165) is 11.0 Å². The van der Waals surface area contributed by atoms with Crippen molar-refractivity contribution in [2.24, 2.45) is 0 Å². The number of halogens is 2. The average Bonchev–Trinajstić information content (AvgIpc) is 3.26. The maximum absolute atomic E-state index is 13.3. The number of hydrogen-bond acceptors (Lipinski definition) is 4. The summed E-state index contributed by atoms with van der Waals surface area (Å²) in [5.74, 6) is 0.802. The molecule has 4 aromatic rings. The standard InChI is InChI=1S/C23H22F2N4OS/c1-3-15(2)16-8-10-17(11-9-16)29-21(30)18-6-4-5-7-19(18)27-23(29)31-14-20-26-12-13-28(20)22(24)25/h4-13,15,22H,3,14H2,1-2H3. The van der Waals surface area contributed by atoms with E-state index in [2.05, 4.69) is 23.8 Å². The van der Waals surface area contributed by atoms with Gasteiger partial charge < -0.3 is 0 Å². The zero-order chi connectivity index (χ0) is 22.0. The predicted octanol–water partition coefficient (Wildman–Crippen LogP) is 5.78. The summed E-state index contributed by atoms with van der Waals surface area (Å²) in [6, 6.07) is 15.0. The van der Waals surface area contributed by atoms with Gasteiger partial charge in [-0.25, -0.2) is 9.97 Å². The fourth-order valence-corrected chi connectivity index (χ4v) is 4.35. The van der Waals surface area contributed by atoms with E-state index in [1.165, 1.54) is 29.7 Å². The van der Waals surface area contributed by atoms with Gasteiger partial charge in [0.15, 0.2) is 5.16 Å². The molecule has 5 nitrogen and oxygen atoms in total. The van der Waals surface area contributed by atoms with Crippen molar-refractivity contribution in [2.75, 3.05) is 0 Å². The number of thioether (sulfide) groups is 1. The molecule has 2 aromatic carbocycles. The molecule has 1 unspecified atom stereocenters. The SMILES string of the molecule is CCC(C)c1ccc(-n2c(SCc3nccn3C(F)F)nc3ccccc3c2=O)cc1. The quantitative estimate of drug-likeness (QED) is 0.270. The van der Waals surface area contributed by atoms with Gasteiger partial charge in [-0.3, -0.25) is 13.9 Å². The molecule has 0 saturated heterocycles. The molecule has 0 spiro atoms. The van der Waals surface area contributed by atoms with Crippen molar-refractivity contribution >= 4 is 22.7 Å². The van der Waals surface area contributed by atoms with E-state index < -0.39 is 6.55 Å². The first-order valence-electron chi connectivity index (χ1n) is 10.0. The Hall–Kier alpha value is -3.00. The Balaban J connectivity index is 1.78. The number of hydrogen-bond donors (Lipinski definition) is 0. The highest BCUT2D eigenvalue weighted by Gasteiger charge is 2.17. The highest BCUT2D eigenvalue weighted by Crippen LogP contribution is 2.27. The van der Waals surface area contributed by atoms with Gasteiger partial charge in [0.05, 0.1) is 22.3 Å². The third-order valence-electron chi connectivity index (χ3n) is 5.37. The van der Waals surface area contributed by atoms with Gasteiger partial charge in [0.1, 0.15) is 5.82 Å². The van der Waals surface area contributed by atoms with Gasteiger partial charge in [0, 0.05) is 12.4 Å². The Labute approximate surface area is 182 Å². The molecule has 0 fully saturated rings. The first-order valence-corrected chi connectivity index (χ1v) is 11.0. The molecule has 4 rings (SSSR count). The zero-order valence-electron chi connectivity index (χ0n) is 17.2. The summed E-state index contributed by atoms with van der Waals surface area (Å²) in [6.07, 6.45) is 3.61. The van der Waals surface area contributed by atoms with Gasteiger partial charge in [-0.15, -0.1) is 0 Å². The fourth-order valence-electron chi connectivity index (χ4n) is 3.39. The minimum atomic E-state index is -2.67. The lowest BCUT2D eigenvalue weighted by atomic mass is 9.98. The van der Waals surface area contributed by atoms with Gasteiger partial charge in [-0.2, -0.15) is 8.78 Å². The van der Waals surface area contributed by atoms with Crippen LogP contribution in [0.4, 0.5) is 8.78 Å². The molecule has 8 heteroatoms. The molecule has 0 N–H and O–H groups in total. The lowest BCUT2D eigenvalue weighted by Gasteiger charge is -2.15. The van der Waals surface area contributed by atoms with Gasteiger partial charge in [0.2, 0.25) is 0 Å². The average molecular weight is 441 g/mol. The predicted molar refractivity (Wildman–Crippen MR) is 119 cm³/mol. The summed E-state index contributed by atoms with van der Waals surface area (Å²) >= 11 is 1.21. The molecular weight excluding hydrogens is 418 g/mol. The summed E-state index contributed by atoms with van der Waals surface area (Å²) in [4.78, 5) is 22.0. The number of alkyl halides is 2. The van der Waals surface area contributed by atoms with Gasteiger partial charge >= 0.3 is 6.55 Å². The molecule has 2 heterocycles. The molecular formula is C23H22F2N4OS. The van der Waals surface area contributed by atoms with E-state index in [-0.39, 0.29) is 17.1 Å². The molecule has 31 heavy (non-hydrogen) atoms. The lowest BCUT2D eigenvalue weighted by molar-refractivity contribution is 0.0678. The van der Waals surface area contributed by atoms with E-state index in [1.54, 1.807) is 22.8 Å². The molecule has 0 bridgehead atoms. The summed E-state index contributed by atoms with van der Waals surface area (Å²) in [5.41, 5.74) is 2.26. The van der Waals surface area contributed by atoms with Crippen molar-refractivity contribution in [3.8, 4) is 5.69 Å². The van der Waals surface area contributed by atoms with Crippen LogP contribution in [0.1, 0.15) is 44.1 Å². The summed E-state index contributed by atoms with van der Waals surface area (Å²) in [5, 5.41) is 0.940. The van der Waals surface area contributed by atoms with Crippen LogP contribution >= 0.6 is 11.8 Å². The van der Waals surface area contributed by atoms with Crippen LogP contribution in [0, 0.1) is 0 Å². The highest BCUT2D eigenvalue weighted by atomic mass is 32.2. The Bertz CT molecular complexity index is 1250.